The first-order chi connectivity index (χ1) is 8.28. The van der Waals surface area contributed by atoms with Gasteiger partial charge in [0.2, 0.25) is 0 Å². The van der Waals surface area contributed by atoms with Gasteiger partial charge in [-0.05, 0) is 29.3 Å². The molecule has 2 aromatic rings. The predicted molar refractivity (Wildman–Crippen MR) is 68.1 cm³/mol. The number of benzene rings is 1. The molecular formula is C13H13FN2S. The van der Waals surface area contributed by atoms with Crippen molar-refractivity contribution in [2.24, 2.45) is 5.73 Å². The molecule has 0 aliphatic rings. The molecule has 0 fully saturated rings. The molecule has 1 aromatic heterocycles. The second-order valence-electron chi connectivity index (χ2n) is 3.65. The van der Waals surface area contributed by atoms with E-state index in [2.05, 4.69) is 4.98 Å². The van der Waals surface area contributed by atoms with Gasteiger partial charge in [-0.2, -0.15) is 0 Å². The number of nitrogens with zero attached hydrogens (tertiary/aromatic N) is 1. The fraction of sp³-hybridized carbons (Fsp3) is 0.154. The minimum atomic E-state index is -0.290. The number of hydrogen-bond acceptors (Lipinski definition) is 3. The molecule has 0 aliphatic carbocycles. The van der Waals surface area contributed by atoms with Gasteiger partial charge in [0.1, 0.15) is 5.82 Å². The van der Waals surface area contributed by atoms with E-state index in [-0.39, 0.29) is 5.82 Å². The first-order valence-electron chi connectivity index (χ1n) is 5.29. The molecule has 0 spiro atoms. The van der Waals surface area contributed by atoms with Gasteiger partial charge >= 0.3 is 0 Å². The van der Waals surface area contributed by atoms with Crippen molar-refractivity contribution < 1.29 is 4.39 Å². The third kappa shape index (κ3) is 3.54. The second kappa shape index (κ2) is 5.80. The standard InChI is InChI=1S/C13H13FN2S/c14-12-5-11(7-16-8-12)9-17-13-3-1-10(6-15)2-4-13/h1-5,7-8H,6,9,15H2. The Kier molecular flexibility index (Phi) is 4.12. The van der Waals surface area contributed by atoms with E-state index in [0.29, 0.717) is 12.3 Å². The highest BCUT2D eigenvalue weighted by molar-refractivity contribution is 7.98. The van der Waals surface area contributed by atoms with Gasteiger partial charge in [-0.1, -0.05) is 12.1 Å². The number of thioether (sulfide) groups is 1. The van der Waals surface area contributed by atoms with Crippen LogP contribution in [-0.4, -0.2) is 4.98 Å². The molecule has 2 N–H and O–H groups in total. The van der Waals surface area contributed by atoms with Crippen LogP contribution in [0.25, 0.3) is 0 Å². The van der Waals surface area contributed by atoms with E-state index in [4.69, 9.17) is 5.73 Å². The molecule has 88 valence electrons. The lowest BCUT2D eigenvalue weighted by Gasteiger charge is -2.03. The fourth-order valence-electron chi connectivity index (χ4n) is 1.42. The summed E-state index contributed by atoms with van der Waals surface area (Å²) in [6, 6.07) is 9.58. The van der Waals surface area contributed by atoms with Crippen LogP contribution in [0, 0.1) is 5.82 Å². The van der Waals surface area contributed by atoms with E-state index in [1.807, 2.05) is 24.3 Å². The summed E-state index contributed by atoms with van der Waals surface area (Å²) in [5.41, 5.74) is 7.52. The average molecular weight is 248 g/mol. The minimum absolute atomic E-state index is 0.290. The van der Waals surface area contributed by atoms with E-state index >= 15 is 0 Å². The second-order valence-corrected chi connectivity index (χ2v) is 4.70. The molecule has 0 bridgehead atoms. The molecule has 2 nitrogen and oxygen atoms in total. The molecule has 0 amide bonds. The van der Waals surface area contributed by atoms with E-state index in [9.17, 15) is 4.39 Å². The zero-order chi connectivity index (χ0) is 12.1. The zero-order valence-electron chi connectivity index (χ0n) is 9.27. The van der Waals surface area contributed by atoms with E-state index < -0.39 is 0 Å². The van der Waals surface area contributed by atoms with Gasteiger partial charge in [0, 0.05) is 23.4 Å². The molecule has 0 atom stereocenters. The number of rotatable bonds is 4. The van der Waals surface area contributed by atoms with Gasteiger partial charge < -0.3 is 5.73 Å². The Morgan fingerprint density at radius 2 is 1.88 bits per heavy atom. The number of aromatic nitrogens is 1. The quantitative estimate of drug-likeness (QED) is 0.845. The summed E-state index contributed by atoms with van der Waals surface area (Å²) >= 11 is 1.65. The normalized spacial score (nSPS) is 10.5. The summed E-state index contributed by atoms with van der Waals surface area (Å²) in [5, 5.41) is 0. The SMILES string of the molecule is NCc1ccc(SCc2cncc(F)c2)cc1. The van der Waals surface area contributed by atoms with Crippen LogP contribution in [-0.2, 0) is 12.3 Å². The monoisotopic (exact) mass is 248 g/mol. The summed E-state index contributed by atoms with van der Waals surface area (Å²) in [6.45, 7) is 0.554. The number of nitrogens with two attached hydrogens (primary N) is 1. The van der Waals surface area contributed by atoms with Gasteiger partial charge in [0.25, 0.3) is 0 Å². The molecule has 0 unspecified atom stereocenters. The lowest BCUT2D eigenvalue weighted by molar-refractivity contribution is 0.619. The number of hydrogen-bond donors (Lipinski definition) is 1. The smallest absolute Gasteiger partial charge is 0.141 e. The molecule has 0 aliphatic heterocycles. The molecule has 1 aromatic carbocycles. The van der Waals surface area contributed by atoms with Gasteiger partial charge in [-0.15, -0.1) is 11.8 Å². The number of pyridine rings is 1. The molecular weight excluding hydrogens is 235 g/mol. The van der Waals surface area contributed by atoms with Crippen molar-refractivity contribution >= 4 is 11.8 Å². The van der Waals surface area contributed by atoms with Crippen molar-refractivity contribution in [3.63, 3.8) is 0 Å². The first kappa shape index (κ1) is 12.1. The van der Waals surface area contributed by atoms with Crippen molar-refractivity contribution in [3.8, 4) is 0 Å². The van der Waals surface area contributed by atoms with Crippen molar-refractivity contribution in [3.05, 3.63) is 59.7 Å². The number of halogens is 1. The minimum Gasteiger partial charge on any atom is -0.326 e. The Bertz CT molecular complexity index is 485. The Labute approximate surface area is 104 Å². The van der Waals surface area contributed by atoms with Crippen LogP contribution < -0.4 is 5.73 Å². The molecule has 0 saturated heterocycles. The summed E-state index contributed by atoms with van der Waals surface area (Å²) in [5.74, 6) is 0.425. The van der Waals surface area contributed by atoms with Crippen molar-refractivity contribution in [1.29, 1.82) is 0 Å². The van der Waals surface area contributed by atoms with Crippen LogP contribution >= 0.6 is 11.8 Å². The van der Waals surface area contributed by atoms with E-state index in [0.717, 1.165) is 16.0 Å². The summed E-state index contributed by atoms with van der Waals surface area (Å²) in [4.78, 5) is 4.96. The third-order valence-electron chi connectivity index (χ3n) is 2.33. The Morgan fingerprint density at radius 1 is 1.12 bits per heavy atom. The Hall–Kier alpha value is -1.39. The fourth-order valence-corrected chi connectivity index (χ4v) is 2.24. The van der Waals surface area contributed by atoms with E-state index in [1.54, 1.807) is 18.0 Å². The Balaban J connectivity index is 1.97. The molecule has 2 rings (SSSR count). The zero-order valence-corrected chi connectivity index (χ0v) is 10.1. The van der Waals surface area contributed by atoms with Crippen LogP contribution in [0.3, 0.4) is 0 Å². The predicted octanol–water partition coefficient (Wildman–Crippen LogP) is 2.97. The lowest BCUT2D eigenvalue weighted by atomic mass is 10.2. The van der Waals surface area contributed by atoms with Crippen LogP contribution in [0.5, 0.6) is 0 Å². The highest BCUT2D eigenvalue weighted by Crippen LogP contribution is 2.22. The average Bonchev–Trinajstić information content (AvgIpc) is 2.37. The Morgan fingerprint density at radius 3 is 2.53 bits per heavy atom. The van der Waals surface area contributed by atoms with Crippen LogP contribution in [0.4, 0.5) is 4.39 Å². The van der Waals surface area contributed by atoms with Gasteiger partial charge in [0.05, 0.1) is 6.20 Å². The van der Waals surface area contributed by atoms with Crippen molar-refractivity contribution in [2.75, 3.05) is 0 Å². The maximum absolute atomic E-state index is 12.9. The van der Waals surface area contributed by atoms with Crippen LogP contribution in [0.2, 0.25) is 0 Å². The van der Waals surface area contributed by atoms with Crippen molar-refractivity contribution in [2.45, 2.75) is 17.2 Å². The van der Waals surface area contributed by atoms with Crippen molar-refractivity contribution in [1.82, 2.24) is 4.98 Å². The summed E-state index contributed by atoms with van der Waals surface area (Å²) in [6.07, 6.45) is 2.90. The molecule has 17 heavy (non-hydrogen) atoms. The largest absolute Gasteiger partial charge is 0.326 e. The summed E-state index contributed by atoms with van der Waals surface area (Å²) in [7, 11) is 0. The maximum Gasteiger partial charge on any atom is 0.141 e. The van der Waals surface area contributed by atoms with Crippen LogP contribution in [0.15, 0.2) is 47.6 Å². The molecule has 0 saturated carbocycles. The molecule has 4 heteroatoms. The van der Waals surface area contributed by atoms with Crippen LogP contribution in [0.1, 0.15) is 11.1 Å². The van der Waals surface area contributed by atoms with E-state index in [1.165, 1.54) is 12.3 Å². The lowest BCUT2D eigenvalue weighted by Crippen LogP contribution is -1.95. The summed E-state index contributed by atoms with van der Waals surface area (Å²) < 4.78 is 12.9. The highest BCUT2D eigenvalue weighted by atomic mass is 32.2. The molecule has 1 heterocycles. The van der Waals surface area contributed by atoms with Gasteiger partial charge in [0.15, 0.2) is 0 Å². The highest BCUT2D eigenvalue weighted by Gasteiger charge is 1.99. The topological polar surface area (TPSA) is 38.9 Å². The molecule has 0 radical (unpaired) electrons. The maximum atomic E-state index is 12.9. The van der Waals surface area contributed by atoms with Gasteiger partial charge in [-0.25, -0.2) is 4.39 Å². The first-order valence-corrected chi connectivity index (χ1v) is 6.28. The third-order valence-corrected chi connectivity index (χ3v) is 3.41. The van der Waals surface area contributed by atoms with Gasteiger partial charge in [-0.3, -0.25) is 4.98 Å².